The average Bonchev–Trinajstić information content (AvgIpc) is 2.62. The van der Waals surface area contributed by atoms with E-state index in [9.17, 15) is 8.42 Å². The molecule has 136 valence electrons. The fourth-order valence-electron chi connectivity index (χ4n) is 2.31. The number of fused-ring (bicyclic) bond motifs is 1. The summed E-state index contributed by atoms with van der Waals surface area (Å²) in [4.78, 5) is 9.02. The summed E-state index contributed by atoms with van der Waals surface area (Å²) in [5.74, 6) is 0.262. The second-order valence-electron chi connectivity index (χ2n) is 6.12. The highest BCUT2D eigenvalue weighted by Crippen LogP contribution is 2.27. The summed E-state index contributed by atoms with van der Waals surface area (Å²) in [6, 6.07) is 13.9. The number of hydrogen-bond donors (Lipinski definition) is 1. The Morgan fingerprint density at radius 2 is 1.65 bits per heavy atom. The van der Waals surface area contributed by atoms with Gasteiger partial charge in [-0.2, -0.15) is 0 Å². The molecule has 1 heterocycles. The molecule has 2 aromatic carbocycles. The number of hydrogen-bond acceptors (Lipinski definition) is 5. The summed E-state index contributed by atoms with van der Waals surface area (Å²) in [7, 11) is -3.80. The first-order valence-corrected chi connectivity index (χ1v) is 9.90. The summed E-state index contributed by atoms with van der Waals surface area (Å²) in [6.07, 6.45) is 0.645. The van der Waals surface area contributed by atoms with E-state index in [1.165, 1.54) is 0 Å². The number of aryl methyl sites for hydroxylation is 1. The normalized spacial score (nSPS) is 12.7. The molecule has 1 unspecified atom stereocenters. The van der Waals surface area contributed by atoms with Crippen LogP contribution in [0.4, 0.5) is 5.82 Å². The Morgan fingerprint density at radius 1 is 1.04 bits per heavy atom. The topological polar surface area (TPSA) is 81.2 Å². The number of sulfonamides is 1. The lowest BCUT2D eigenvalue weighted by Gasteiger charge is -2.16. The Balaban J connectivity index is 2.04. The second kappa shape index (κ2) is 7.29. The molecule has 26 heavy (non-hydrogen) atoms. The smallest absolute Gasteiger partial charge is 0.263 e. The number of nitrogens with zero attached hydrogens (tertiary/aromatic N) is 2. The lowest BCUT2D eigenvalue weighted by Crippen LogP contribution is -2.18. The minimum absolute atomic E-state index is 0.0876. The van der Waals surface area contributed by atoms with Crippen LogP contribution in [0.25, 0.3) is 11.0 Å². The van der Waals surface area contributed by atoms with Crippen LogP contribution in [-0.2, 0) is 10.0 Å². The van der Waals surface area contributed by atoms with Gasteiger partial charge < -0.3 is 4.74 Å². The summed E-state index contributed by atoms with van der Waals surface area (Å²) >= 11 is 0. The van der Waals surface area contributed by atoms with Crippen molar-refractivity contribution in [3.8, 4) is 5.88 Å². The minimum Gasteiger partial charge on any atom is -0.472 e. The van der Waals surface area contributed by atoms with E-state index in [2.05, 4.69) is 14.7 Å². The Kier molecular flexibility index (Phi) is 5.08. The highest BCUT2D eigenvalue weighted by molar-refractivity contribution is 7.92. The first-order chi connectivity index (χ1) is 12.4. The summed E-state index contributed by atoms with van der Waals surface area (Å²) in [5, 5.41) is 0. The van der Waals surface area contributed by atoms with Crippen molar-refractivity contribution < 1.29 is 13.2 Å². The molecule has 3 aromatic rings. The first kappa shape index (κ1) is 18.1. The van der Waals surface area contributed by atoms with E-state index in [0.717, 1.165) is 12.0 Å². The number of ether oxygens (including phenoxy) is 1. The van der Waals surface area contributed by atoms with E-state index >= 15 is 0 Å². The number of nitrogens with one attached hydrogen (secondary N) is 1. The van der Waals surface area contributed by atoms with Crippen LogP contribution < -0.4 is 9.46 Å². The zero-order valence-electron chi connectivity index (χ0n) is 14.9. The molecule has 0 aliphatic carbocycles. The molecule has 0 radical (unpaired) electrons. The van der Waals surface area contributed by atoms with Gasteiger partial charge in [-0.15, -0.1) is 0 Å². The van der Waals surface area contributed by atoms with Crippen molar-refractivity contribution in [1.82, 2.24) is 9.97 Å². The molecule has 3 rings (SSSR count). The largest absolute Gasteiger partial charge is 0.472 e. The Hall–Kier alpha value is -2.67. The molecule has 7 heteroatoms. The van der Waals surface area contributed by atoms with E-state index in [1.807, 2.05) is 39.0 Å². The third-order valence-electron chi connectivity index (χ3n) is 3.99. The van der Waals surface area contributed by atoms with Crippen LogP contribution in [0.2, 0.25) is 0 Å². The van der Waals surface area contributed by atoms with Gasteiger partial charge in [-0.25, -0.2) is 18.4 Å². The van der Waals surface area contributed by atoms with Gasteiger partial charge in [-0.1, -0.05) is 36.8 Å². The van der Waals surface area contributed by atoms with Crippen LogP contribution in [0.5, 0.6) is 5.88 Å². The highest BCUT2D eigenvalue weighted by Gasteiger charge is 2.20. The van der Waals surface area contributed by atoms with E-state index in [1.54, 1.807) is 30.3 Å². The molecule has 6 nitrogen and oxygen atoms in total. The minimum atomic E-state index is -3.80. The van der Waals surface area contributed by atoms with Gasteiger partial charge in [0.25, 0.3) is 15.9 Å². The Labute approximate surface area is 153 Å². The van der Waals surface area contributed by atoms with Crippen LogP contribution in [0.15, 0.2) is 53.4 Å². The third kappa shape index (κ3) is 3.94. The average molecular weight is 371 g/mol. The van der Waals surface area contributed by atoms with Gasteiger partial charge in [0.2, 0.25) is 5.82 Å². The van der Waals surface area contributed by atoms with Gasteiger partial charge in [0.15, 0.2) is 0 Å². The van der Waals surface area contributed by atoms with Gasteiger partial charge >= 0.3 is 0 Å². The predicted molar refractivity (Wildman–Crippen MR) is 102 cm³/mol. The molecule has 0 spiro atoms. The maximum atomic E-state index is 12.7. The number of benzene rings is 2. The van der Waals surface area contributed by atoms with Crippen molar-refractivity contribution in [2.75, 3.05) is 4.72 Å². The summed E-state index contributed by atoms with van der Waals surface area (Å²) in [6.45, 7) is 5.78. The molecule has 0 saturated heterocycles. The van der Waals surface area contributed by atoms with E-state index < -0.39 is 10.0 Å². The maximum Gasteiger partial charge on any atom is 0.263 e. The van der Waals surface area contributed by atoms with E-state index in [4.69, 9.17) is 4.74 Å². The molecule has 1 atom stereocenters. The second-order valence-corrected chi connectivity index (χ2v) is 7.80. The molecular weight excluding hydrogens is 350 g/mol. The van der Waals surface area contributed by atoms with Crippen LogP contribution in [-0.4, -0.2) is 24.5 Å². The third-order valence-corrected chi connectivity index (χ3v) is 5.34. The van der Waals surface area contributed by atoms with Crippen LogP contribution in [0, 0.1) is 6.92 Å². The number of anilines is 1. The molecule has 0 saturated carbocycles. The quantitative estimate of drug-likeness (QED) is 0.710. The molecule has 1 aromatic heterocycles. The standard InChI is InChI=1S/C19H21N3O3S/c1-4-14(3)25-19-18(20-16-7-5-6-8-17(16)21-19)22-26(23,24)15-11-9-13(2)10-12-15/h5-12,14H,4H2,1-3H3,(H,20,22). The van der Waals surface area contributed by atoms with Crippen molar-refractivity contribution in [2.24, 2.45) is 0 Å². The van der Waals surface area contributed by atoms with Crippen LogP contribution in [0.3, 0.4) is 0 Å². The van der Waals surface area contributed by atoms with Gasteiger partial charge in [0, 0.05) is 0 Å². The van der Waals surface area contributed by atoms with Gasteiger partial charge in [-0.3, -0.25) is 4.72 Å². The lowest BCUT2D eigenvalue weighted by atomic mass is 10.2. The van der Waals surface area contributed by atoms with Gasteiger partial charge in [0.05, 0.1) is 22.0 Å². The Bertz CT molecular complexity index is 1020. The van der Waals surface area contributed by atoms with E-state index in [-0.39, 0.29) is 22.7 Å². The highest BCUT2D eigenvalue weighted by atomic mass is 32.2. The van der Waals surface area contributed by atoms with Crippen molar-refractivity contribution in [1.29, 1.82) is 0 Å². The molecule has 0 bridgehead atoms. The van der Waals surface area contributed by atoms with Crippen molar-refractivity contribution in [3.05, 3.63) is 54.1 Å². The fourth-order valence-corrected chi connectivity index (χ4v) is 3.31. The summed E-state index contributed by atoms with van der Waals surface area (Å²) < 4.78 is 33.8. The van der Waals surface area contributed by atoms with Crippen molar-refractivity contribution in [2.45, 2.75) is 38.2 Å². The maximum absolute atomic E-state index is 12.7. The molecule has 0 fully saturated rings. The number of aromatic nitrogens is 2. The molecular formula is C19H21N3O3S. The van der Waals surface area contributed by atoms with Gasteiger partial charge in [0.1, 0.15) is 0 Å². The number of rotatable bonds is 6. The van der Waals surface area contributed by atoms with Crippen LogP contribution >= 0.6 is 0 Å². The van der Waals surface area contributed by atoms with E-state index in [0.29, 0.717) is 11.0 Å². The van der Waals surface area contributed by atoms with Gasteiger partial charge in [-0.05, 0) is 44.5 Å². The SMILES string of the molecule is CCC(C)Oc1nc2ccccc2nc1NS(=O)(=O)c1ccc(C)cc1. The lowest BCUT2D eigenvalue weighted by molar-refractivity contribution is 0.210. The monoisotopic (exact) mass is 371 g/mol. The van der Waals surface area contributed by atoms with Crippen molar-refractivity contribution in [3.63, 3.8) is 0 Å². The predicted octanol–water partition coefficient (Wildman–Crippen LogP) is 3.92. The van der Waals surface area contributed by atoms with Crippen LogP contribution in [0.1, 0.15) is 25.8 Å². The zero-order chi connectivity index (χ0) is 18.7. The van der Waals surface area contributed by atoms with Crippen molar-refractivity contribution >= 4 is 26.9 Å². The molecule has 0 amide bonds. The zero-order valence-corrected chi connectivity index (χ0v) is 15.7. The molecule has 1 N–H and O–H groups in total. The first-order valence-electron chi connectivity index (χ1n) is 8.42. The molecule has 0 aliphatic heterocycles. The number of para-hydroxylation sites is 2. The summed E-state index contributed by atoms with van der Waals surface area (Å²) in [5.41, 5.74) is 2.21. The fraction of sp³-hybridized carbons (Fsp3) is 0.263. The Morgan fingerprint density at radius 3 is 2.27 bits per heavy atom. The molecule has 0 aliphatic rings.